The maximum Gasteiger partial charge on any atom is 0.262 e. The fraction of sp³-hybridized carbons (Fsp3) is 0.235. The van der Waals surface area contributed by atoms with Crippen LogP contribution in [0, 0.1) is 6.92 Å². The Balaban J connectivity index is 2.14. The summed E-state index contributed by atoms with van der Waals surface area (Å²) < 4.78 is 32.9. The van der Waals surface area contributed by atoms with Gasteiger partial charge in [-0.3, -0.25) is 9.52 Å². The van der Waals surface area contributed by atoms with Gasteiger partial charge in [-0.1, -0.05) is 17.7 Å². The van der Waals surface area contributed by atoms with E-state index in [9.17, 15) is 13.2 Å². The van der Waals surface area contributed by atoms with Crippen molar-refractivity contribution in [3.05, 3.63) is 53.1 Å². The standard InChI is InChI=1S/C17H19ClN2O4S/c1-3-19-17(21)11-24-15-6-4-5-14(10-15)20-25(22,23)16-8-7-13(18)9-12(16)2/h4-10,20H,3,11H2,1-2H3,(H,19,21). The molecule has 2 aromatic rings. The Morgan fingerprint density at radius 1 is 1.20 bits per heavy atom. The van der Waals surface area contributed by atoms with Crippen molar-refractivity contribution in [2.24, 2.45) is 0 Å². The SMILES string of the molecule is CCNC(=O)COc1cccc(NS(=O)(=O)c2ccc(Cl)cc2C)c1. The van der Waals surface area contributed by atoms with Gasteiger partial charge in [0, 0.05) is 17.6 Å². The van der Waals surface area contributed by atoms with Crippen molar-refractivity contribution < 1.29 is 17.9 Å². The van der Waals surface area contributed by atoms with Gasteiger partial charge in [-0.25, -0.2) is 8.42 Å². The van der Waals surface area contributed by atoms with E-state index in [1.54, 1.807) is 31.2 Å². The zero-order valence-electron chi connectivity index (χ0n) is 13.9. The summed E-state index contributed by atoms with van der Waals surface area (Å²) in [5.41, 5.74) is 0.881. The highest BCUT2D eigenvalue weighted by Crippen LogP contribution is 2.24. The zero-order valence-corrected chi connectivity index (χ0v) is 15.4. The molecule has 0 spiro atoms. The fourth-order valence-electron chi connectivity index (χ4n) is 2.17. The molecule has 8 heteroatoms. The molecule has 0 heterocycles. The summed E-state index contributed by atoms with van der Waals surface area (Å²) in [6.45, 7) is 3.86. The van der Waals surface area contributed by atoms with Crippen LogP contribution in [0.4, 0.5) is 5.69 Å². The van der Waals surface area contributed by atoms with E-state index in [1.807, 2.05) is 6.92 Å². The molecule has 0 bridgehead atoms. The molecule has 2 N–H and O–H groups in total. The molecule has 1 amide bonds. The smallest absolute Gasteiger partial charge is 0.262 e. The van der Waals surface area contributed by atoms with Gasteiger partial charge in [-0.05, 0) is 49.7 Å². The largest absolute Gasteiger partial charge is 0.484 e. The number of anilines is 1. The number of sulfonamides is 1. The van der Waals surface area contributed by atoms with E-state index in [0.717, 1.165) is 0 Å². The molecule has 0 saturated carbocycles. The third-order valence-corrected chi connectivity index (χ3v) is 5.03. The minimum absolute atomic E-state index is 0.139. The molecule has 0 unspecified atom stereocenters. The quantitative estimate of drug-likeness (QED) is 0.771. The topological polar surface area (TPSA) is 84.5 Å². The second-order valence-corrected chi connectivity index (χ2v) is 7.37. The van der Waals surface area contributed by atoms with Crippen molar-refractivity contribution in [3.63, 3.8) is 0 Å². The Kier molecular flexibility index (Phi) is 6.27. The van der Waals surface area contributed by atoms with Crippen molar-refractivity contribution in [3.8, 4) is 5.75 Å². The molecular weight excluding hydrogens is 364 g/mol. The van der Waals surface area contributed by atoms with Gasteiger partial charge in [0.15, 0.2) is 6.61 Å². The van der Waals surface area contributed by atoms with Gasteiger partial charge in [0.1, 0.15) is 5.75 Å². The first-order valence-corrected chi connectivity index (χ1v) is 9.46. The number of rotatable bonds is 7. The normalized spacial score (nSPS) is 11.0. The third kappa shape index (κ3) is 5.37. The molecule has 6 nitrogen and oxygen atoms in total. The highest BCUT2D eigenvalue weighted by atomic mass is 35.5. The van der Waals surface area contributed by atoms with Gasteiger partial charge in [0.2, 0.25) is 0 Å². The van der Waals surface area contributed by atoms with Crippen LogP contribution < -0.4 is 14.8 Å². The summed E-state index contributed by atoms with van der Waals surface area (Å²) in [5.74, 6) is 0.143. The first kappa shape index (κ1) is 19.1. The Bertz CT molecular complexity index is 869. The number of carbonyl (C=O) groups is 1. The van der Waals surface area contributed by atoms with Crippen molar-refractivity contribution in [1.29, 1.82) is 0 Å². The molecule has 0 fully saturated rings. The lowest BCUT2D eigenvalue weighted by molar-refractivity contribution is -0.122. The van der Waals surface area contributed by atoms with Crippen LogP contribution in [0.1, 0.15) is 12.5 Å². The Labute approximate surface area is 152 Å². The molecule has 0 aliphatic carbocycles. The summed E-state index contributed by atoms with van der Waals surface area (Å²) in [6, 6.07) is 11.0. The summed E-state index contributed by atoms with van der Waals surface area (Å²) in [6.07, 6.45) is 0. The molecular formula is C17H19ClN2O4S. The number of hydrogen-bond acceptors (Lipinski definition) is 4. The van der Waals surface area contributed by atoms with Crippen molar-refractivity contribution in [2.75, 3.05) is 17.9 Å². The van der Waals surface area contributed by atoms with Crippen LogP contribution >= 0.6 is 11.6 Å². The van der Waals surface area contributed by atoms with Crippen molar-refractivity contribution in [1.82, 2.24) is 5.32 Å². The third-order valence-electron chi connectivity index (χ3n) is 3.26. The lowest BCUT2D eigenvalue weighted by Crippen LogP contribution is -2.28. The van der Waals surface area contributed by atoms with Gasteiger partial charge >= 0.3 is 0 Å². The van der Waals surface area contributed by atoms with Gasteiger partial charge in [-0.2, -0.15) is 0 Å². The molecule has 0 aromatic heterocycles. The first-order valence-electron chi connectivity index (χ1n) is 7.60. The second-order valence-electron chi connectivity index (χ2n) is 5.29. The zero-order chi connectivity index (χ0) is 18.4. The molecule has 0 atom stereocenters. The molecule has 134 valence electrons. The Hall–Kier alpha value is -2.25. The predicted molar refractivity (Wildman–Crippen MR) is 97.6 cm³/mol. The molecule has 0 aliphatic heterocycles. The van der Waals surface area contributed by atoms with E-state index in [1.165, 1.54) is 18.2 Å². The number of likely N-dealkylation sites (N-methyl/N-ethyl adjacent to an activating group) is 1. The van der Waals surface area contributed by atoms with Crippen LogP contribution in [-0.2, 0) is 14.8 Å². The van der Waals surface area contributed by atoms with E-state index in [4.69, 9.17) is 16.3 Å². The molecule has 2 rings (SSSR count). The monoisotopic (exact) mass is 382 g/mol. The highest BCUT2D eigenvalue weighted by Gasteiger charge is 2.17. The van der Waals surface area contributed by atoms with Gasteiger partial charge < -0.3 is 10.1 Å². The minimum Gasteiger partial charge on any atom is -0.484 e. The van der Waals surface area contributed by atoms with Crippen LogP contribution in [-0.4, -0.2) is 27.5 Å². The lowest BCUT2D eigenvalue weighted by Gasteiger charge is -2.12. The number of halogens is 1. The molecule has 2 aromatic carbocycles. The molecule has 0 radical (unpaired) electrons. The van der Waals surface area contributed by atoms with E-state index < -0.39 is 10.0 Å². The summed E-state index contributed by atoms with van der Waals surface area (Å²) in [5, 5.41) is 3.08. The summed E-state index contributed by atoms with van der Waals surface area (Å²) in [4.78, 5) is 11.6. The molecule has 0 saturated heterocycles. The van der Waals surface area contributed by atoms with E-state index >= 15 is 0 Å². The average Bonchev–Trinajstić information content (AvgIpc) is 2.53. The Morgan fingerprint density at radius 3 is 2.64 bits per heavy atom. The van der Waals surface area contributed by atoms with Crippen molar-refractivity contribution >= 4 is 33.2 Å². The lowest BCUT2D eigenvalue weighted by atomic mass is 10.2. The molecule has 0 aliphatic rings. The van der Waals surface area contributed by atoms with Crippen LogP contribution in [0.15, 0.2) is 47.4 Å². The van der Waals surface area contributed by atoms with Gasteiger partial charge in [-0.15, -0.1) is 0 Å². The maximum absolute atomic E-state index is 12.5. The Morgan fingerprint density at radius 2 is 1.96 bits per heavy atom. The number of hydrogen-bond donors (Lipinski definition) is 2. The van der Waals surface area contributed by atoms with E-state index in [-0.39, 0.29) is 17.4 Å². The minimum atomic E-state index is -3.76. The van der Waals surface area contributed by atoms with E-state index in [2.05, 4.69) is 10.0 Å². The van der Waals surface area contributed by atoms with Crippen LogP contribution in [0.5, 0.6) is 5.75 Å². The summed E-state index contributed by atoms with van der Waals surface area (Å²) >= 11 is 5.87. The maximum atomic E-state index is 12.5. The molecule has 25 heavy (non-hydrogen) atoms. The number of aryl methyl sites for hydroxylation is 1. The first-order chi connectivity index (χ1) is 11.8. The van der Waals surface area contributed by atoms with Gasteiger partial charge in [0.05, 0.1) is 10.6 Å². The number of nitrogens with one attached hydrogen (secondary N) is 2. The van der Waals surface area contributed by atoms with Gasteiger partial charge in [0.25, 0.3) is 15.9 Å². The predicted octanol–water partition coefficient (Wildman–Crippen LogP) is 2.96. The number of amides is 1. The van der Waals surface area contributed by atoms with Crippen LogP contribution in [0.25, 0.3) is 0 Å². The average molecular weight is 383 g/mol. The summed E-state index contributed by atoms with van der Waals surface area (Å²) in [7, 11) is -3.76. The van der Waals surface area contributed by atoms with Crippen molar-refractivity contribution in [2.45, 2.75) is 18.7 Å². The number of carbonyl (C=O) groups excluding carboxylic acids is 1. The van der Waals surface area contributed by atoms with E-state index in [0.29, 0.717) is 28.6 Å². The second kappa shape index (κ2) is 8.22. The number of benzene rings is 2. The number of ether oxygens (including phenoxy) is 1. The fourth-order valence-corrected chi connectivity index (χ4v) is 3.67. The van der Waals surface area contributed by atoms with Crippen LogP contribution in [0.3, 0.4) is 0 Å². The van der Waals surface area contributed by atoms with Crippen LogP contribution in [0.2, 0.25) is 5.02 Å². The highest BCUT2D eigenvalue weighted by molar-refractivity contribution is 7.92.